The summed E-state index contributed by atoms with van der Waals surface area (Å²) in [5.74, 6) is 0.692. The van der Waals surface area contributed by atoms with Gasteiger partial charge in [-0.3, -0.25) is 0 Å². The van der Waals surface area contributed by atoms with Gasteiger partial charge in [-0.2, -0.15) is 5.26 Å². The van der Waals surface area contributed by atoms with Gasteiger partial charge in [0.05, 0.1) is 15.7 Å². The summed E-state index contributed by atoms with van der Waals surface area (Å²) in [6.45, 7) is 1.79. The van der Waals surface area contributed by atoms with Gasteiger partial charge in [0.25, 0.3) is 0 Å². The van der Waals surface area contributed by atoms with Gasteiger partial charge in [0.15, 0.2) is 5.69 Å². The molecular weight excluding hydrogens is 245 g/mol. The van der Waals surface area contributed by atoms with Crippen molar-refractivity contribution < 1.29 is 0 Å². The van der Waals surface area contributed by atoms with Crippen molar-refractivity contribution in [3.05, 3.63) is 39.8 Å². The molecule has 0 amide bonds. The molecule has 0 atom stereocenters. The molecule has 0 spiro atoms. The first-order valence-electron chi connectivity index (χ1n) is 4.54. The monoisotopic (exact) mass is 251 g/mol. The number of aromatic amines is 1. The van der Waals surface area contributed by atoms with Gasteiger partial charge in [0, 0.05) is 5.56 Å². The van der Waals surface area contributed by atoms with Gasteiger partial charge in [-0.05, 0) is 19.1 Å². The molecule has 2 rings (SSSR count). The SMILES string of the molecule is Cc1nc(C#N)c(-c2ccc(Cl)c(Cl)c2)[nH]1. The van der Waals surface area contributed by atoms with Gasteiger partial charge in [-0.15, -0.1) is 0 Å². The van der Waals surface area contributed by atoms with Crippen LogP contribution in [-0.2, 0) is 0 Å². The summed E-state index contributed by atoms with van der Waals surface area (Å²) >= 11 is 11.7. The number of nitrogens with one attached hydrogen (secondary N) is 1. The Hall–Kier alpha value is -1.50. The highest BCUT2D eigenvalue weighted by Crippen LogP contribution is 2.29. The number of imidazole rings is 1. The third-order valence-electron chi connectivity index (χ3n) is 2.14. The Bertz CT molecular complexity index is 581. The van der Waals surface area contributed by atoms with E-state index in [0.29, 0.717) is 27.3 Å². The number of benzene rings is 1. The van der Waals surface area contributed by atoms with Crippen LogP contribution in [0, 0.1) is 18.3 Å². The summed E-state index contributed by atoms with van der Waals surface area (Å²) in [6, 6.07) is 7.22. The van der Waals surface area contributed by atoms with Crippen molar-refractivity contribution in [3.63, 3.8) is 0 Å². The van der Waals surface area contributed by atoms with Gasteiger partial charge < -0.3 is 4.98 Å². The lowest BCUT2D eigenvalue weighted by Gasteiger charge is -2.00. The molecule has 0 radical (unpaired) electrons. The van der Waals surface area contributed by atoms with Crippen molar-refractivity contribution in [2.24, 2.45) is 0 Å². The van der Waals surface area contributed by atoms with Crippen molar-refractivity contribution in [1.29, 1.82) is 5.26 Å². The average Bonchev–Trinajstić information content (AvgIpc) is 2.63. The molecule has 0 saturated heterocycles. The van der Waals surface area contributed by atoms with E-state index in [2.05, 4.69) is 9.97 Å². The molecule has 0 fully saturated rings. The van der Waals surface area contributed by atoms with E-state index in [4.69, 9.17) is 28.5 Å². The van der Waals surface area contributed by atoms with Gasteiger partial charge >= 0.3 is 0 Å². The van der Waals surface area contributed by atoms with Crippen LogP contribution >= 0.6 is 23.2 Å². The molecule has 1 heterocycles. The molecule has 5 heteroatoms. The quantitative estimate of drug-likeness (QED) is 0.843. The van der Waals surface area contributed by atoms with Crippen LogP contribution < -0.4 is 0 Å². The zero-order chi connectivity index (χ0) is 11.7. The van der Waals surface area contributed by atoms with Gasteiger partial charge in [0.2, 0.25) is 0 Å². The smallest absolute Gasteiger partial charge is 0.166 e. The first-order chi connectivity index (χ1) is 7.61. The average molecular weight is 252 g/mol. The minimum absolute atomic E-state index is 0.357. The number of nitriles is 1. The van der Waals surface area contributed by atoms with E-state index in [1.165, 1.54) is 0 Å². The molecule has 0 unspecified atom stereocenters. The Morgan fingerprint density at radius 3 is 2.69 bits per heavy atom. The van der Waals surface area contributed by atoms with Crippen LogP contribution in [0.5, 0.6) is 0 Å². The molecule has 0 bridgehead atoms. The first kappa shape index (κ1) is 11.0. The normalized spacial score (nSPS) is 10.1. The Balaban J connectivity index is 2.59. The molecule has 0 aliphatic rings. The number of H-pyrrole nitrogens is 1. The topological polar surface area (TPSA) is 52.5 Å². The van der Waals surface area contributed by atoms with E-state index >= 15 is 0 Å². The number of aromatic nitrogens is 2. The maximum Gasteiger partial charge on any atom is 0.166 e. The van der Waals surface area contributed by atoms with E-state index in [0.717, 1.165) is 5.56 Å². The fourth-order valence-corrected chi connectivity index (χ4v) is 1.73. The Morgan fingerprint density at radius 2 is 2.06 bits per heavy atom. The number of nitrogens with zero attached hydrogens (tertiary/aromatic N) is 2. The molecule has 80 valence electrons. The molecule has 0 saturated carbocycles. The molecule has 2 aromatic rings. The zero-order valence-corrected chi connectivity index (χ0v) is 9.89. The zero-order valence-electron chi connectivity index (χ0n) is 8.38. The third-order valence-corrected chi connectivity index (χ3v) is 2.88. The van der Waals surface area contributed by atoms with Crippen molar-refractivity contribution in [2.45, 2.75) is 6.92 Å². The van der Waals surface area contributed by atoms with Gasteiger partial charge in [-0.1, -0.05) is 29.3 Å². The fraction of sp³-hybridized carbons (Fsp3) is 0.0909. The lowest BCUT2D eigenvalue weighted by atomic mass is 10.1. The first-order valence-corrected chi connectivity index (χ1v) is 5.29. The Kier molecular flexibility index (Phi) is 2.86. The number of halogens is 2. The predicted molar refractivity (Wildman–Crippen MR) is 63.5 cm³/mol. The van der Waals surface area contributed by atoms with Gasteiger partial charge in [-0.25, -0.2) is 4.98 Å². The van der Waals surface area contributed by atoms with E-state index in [1.54, 1.807) is 25.1 Å². The second kappa shape index (κ2) is 4.17. The van der Waals surface area contributed by atoms with E-state index in [-0.39, 0.29) is 0 Å². The maximum absolute atomic E-state index is 8.93. The molecule has 3 nitrogen and oxygen atoms in total. The third kappa shape index (κ3) is 1.90. The van der Waals surface area contributed by atoms with Crippen molar-refractivity contribution >= 4 is 23.2 Å². The van der Waals surface area contributed by atoms with Crippen LogP contribution in [0.25, 0.3) is 11.3 Å². The second-order valence-electron chi connectivity index (χ2n) is 3.29. The maximum atomic E-state index is 8.93. The summed E-state index contributed by atoms with van der Waals surface area (Å²) in [7, 11) is 0. The summed E-state index contributed by atoms with van der Waals surface area (Å²) in [5, 5.41) is 9.87. The standard InChI is InChI=1S/C11H7Cl2N3/c1-6-15-10(5-14)11(16-6)7-2-3-8(12)9(13)4-7/h2-4H,1H3,(H,15,16). The van der Waals surface area contributed by atoms with Crippen LogP contribution in [-0.4, -0.2) is 9.97 Å². The number of rotatable bonds is 1. The van der Waals surface area contributed by atoms with Crippen LogP contribution in [0.3, 0.4) is 0 Å². The number of hydrogen-bond acceptors (Lipinski definition) is 2. The van der Waals surface area contributed by atoms with E-state index in [9.17, 15) is 0 Å². The van der Waals surface area contributed by atoms with E-state index < -0.39 is 0 Å². The molecule has 0 aliphatic carbocycles. The lowest BCUT2D eigenvalue weighted by Crippen LogP contribution is -1.82. The van der Waals surface area contributed by atoms with Crippen LogP contribution in [0.4, 0.5) is 0 Å². The molecule has 1 aromatic heterocycles. The minimum atomic E-state index is 0.357. The van der Waals surface area contributed by atoms with Gasteiger partial charge in [0.1, 0.15) is 11.9 Å². The number of aryl methyl sites for hydroxylation is 1. The Morgan fingerprint density at radius 1 is 1.31 bits per heavy atom. The molecule has 1 aromatic carbocycles. The largest absolute Gasteiger partial charge is 0.341 e. The summed E-state index contributed by atoms with van der Waals surface area (Å²) in [5.41, 5.74) is 1.82. The van der Waals surface area contributed by atoms with Crippen LogP contribution in [0.15, 0.2) is 18.2 Å². The van der Waals surface area contributed by atoms with E-state index in [1.807, 2.05) is 6.07 Å². The summed E-state index contributed by atoms with van der Waals surface area (Å²) in [4.78, 5) is 7.09. The lowest BCUT2D eigenvalue weighted by molar-refractivity contribution is 1.14. The van der Waals surface area contributed by atoms with Crippen LogP contribution in [0.2, 0.25) is 10.0 Å². The summed E-state index contributed by atoms with van der Waals surface area (Å²) in [6.07, 6.45) is 0. The van der Waals surface area contributed by atoms with Crippen molar-refractivity contribution in [1.82, 2.24) is 9.97 Å². The summed E-state index contributed by atoms with van der Waals surface area (Å²) < 4.78 is 0. The highest BCUT2D eigenvalue weighted by atomic mass is 35.5. The molecule has 0 aliphatic heterocycles. The Labute approximate surface area is 103 Å². The molecule has 1 N–H and O–H groups in total. The second-order valence-corrected chi connectivity index (χ2v) is 4.10. The van der Waals surface area contributed by atoms with Crippen molar-refractivity contribution in [3.8, 4) is 17.3 Å². The predicted octanol–water partition coefficient (Wildman–Crippen LogP) is 3.56. The molecular formula is C11H7Cl2N3. The molecule has 16 heavy (non-hydrogen) atoms. The minimum Gasteiger partial charge on any atom is -0.341 e. The van der Waals surface area contributed by atoms with Crippen molar-refractivity contribution in [2.75, 3.05) is 0 Å². The fourth-order valence-electron chi connectivity index (χ4n) is 1.43. The van der Waals surface area contributed by atoms with Crippen LogP contribution in [0.1, 0.15) is 11.5 Å². The highest BCUT2D eigenvalue weighted by Gasteiger charge is 2.10. The highest BCUT2D eigenvalue weighted by molar-refractivity contribution is 6.42. The number of hydrogen-bond donors (Lipinski definition) is 1.